The van der Waals surface area contributed by atoms with Crippen LogP contribution in [0.2, 0.25) is 0 Å². The molecule has 7 rings (SSSR count). The molecule has 0 radical (unpaired) electrons. The van der Waals surface area contributed by atoms with E-state index in [1.165, 1.54) is 6.07 Å². The molecule has 12 nitrogen and oxygen atoms in total. The van der Waals surface area contributed by atoms with Crippen LogP contribution in [0.1, 0.15) is 49.6 Å². The van der Waals surface area contributed by atoms with Crippen molar-refractivity contribution in [2.24, 2.45) is 0 Å². The van der Waals surface area contributed by atoms with E-state index in [-0.39, 0.29) is 24.8 Å². The monoisotopic (exact) mass is 610 g/mol. The first kappa shape index (κ1) is 31.9. The summed E-state index contributed by atoms with van der Waals surface area (Å²) in [5.74, 6) is 0.799. The molecule has 4 aromatic carbocycles. The predicted octanol–water partition coefficient (Wildman–Crippen LogP) is 4.61. The first-order valence-corrected chi connectivity index (χ1v) is 13.5. The lowest BCUT2D eigenvalue weighted by Gasteiger charge is -2.02. The van der Waals surface area contributed by atoms with Gasteiger partial charge in [0.2, 0.25) is 0 Å². The molecule has 0 unspecified atom stereocenters. The van der Waals surface area contributed by atoms with Crippen LogP contribution in [0, 0.1) is 0 Å². The van der Waals surface area contributed by atoms with E-state index < -0.39 is 5.97 Å². The van der Waals surface area contributed by atoms with Gasteiger partial charge in [0.1, 0.15) is 17.3 Å². The van der Waals surface area contributed by atoms with Gasteiger partial charge < -0.3 is 41.7 Å². The summed E-state index contributed by atoms with van der Waals surface area (Å²) in [6.45, 7) is 1.01. The van der Waals surface area contributed by atoms with Gasteiger partial charge >= 0.3 is 5.97 Å². The predicted molar refractivity (Wildman–Crippen MR) is 172 cm³/mol. The maximum atomic E-state index is 12.0. The van der Waals surface area contributed by atoms with E-state index in [0.29, 0.717) is 41.4 Å². The van der Waals surface area contributed by atoms with Crippen molar-refractivity contribution in [3.8, 4) is 22.9 Å². The minimum Gasteiger partial charge on any atom is -0.497 e. The molecule has 12 heteroatoms. The number of anilines is 2. The Balaban J connectivity index is 0.000000165. The first-order valence-electron chi connectivity index (χ1n) is 13.5. The number of H-pyrrole nitrogens is 1. The van der Waals surface area contributed by atoms with E-state index in [1.807, 2.05) is 36.4 Å². The van der Waals surface area contributed by atoms with Crippen molar-refractivity contribution >= 4 is 40.2 Å². The second-order valence-electron chi connectivity index (χ2n) is 9.81. The topological polar surface area (TPSA) is 195 Å². The Bertz CT molecular complexity index is 1900. The number of benzene rings is 4. The Morgan fingerprint density at radius 3 is 2.04 bits per heavy atom. The van der Waals surface area contributed by atoms with Crippen LogP contribution in [0.15, 0.2) is 72.8 Å². The molecule has 2 amide bonds. The molecule has 0 saturated carbocycles. The zero-order valence-corrected chi connectivity index (χ0v) is 23.9. The quantitative estimate of drug-likeness (QED) is 0.158. The molecular formula is C33H34N6O6. The number of aromatic nitrogens is 2. The van der Waals surface area contributed by atoms with E-state index in [2.05, 4.69) is 20.6 Å². The number of carboxylic acids is 1. The average Bonchev–Trinajstić information content (AvgIpc) is 3.75. The highest BCUT2D eigenvalue weighted by Crippen LogP contribution is 2.30. The van der Waals surface area contributed by atoms with E-state index in [4.69, 9.17) is 26.0 Å². The molecule has 45 heavy (non-hydrogen) atoms. The summed E-state index contributed by atoms with van der Waals surface area (Å²) >= 11 is 0. The average molecular weight is 611 g/mol. The summed E-state index contributed by atoms with van der Waals surface area (Å²) in [5.41, 5.74) is 17.5. The number of amides is 2. The van der Waals surface area contributed by atoms with Gasteiger partial charge in [-0.3, -0.25) is 9.59 Å². The highest BCUT2D eigenvalue weighted by molar-refractivity contribution is 6.07. The number of methoxy groups -OCH3 is 2. The highest BCUT2D eigenvalue weighted by Gasteiger charge is 2.25. The summed E-state index contributed by atoms with van der Waals surface area (Å²) in [6, 6.07) is 21.5. The number of aromatic carboxylic acids is 1. The van der Waals surface area contributed by atoms with Gasteiger partial charge in [0.15, 0.2) is 0 Å². The van der Waals surface area contributed by atoms with Gasteiger partial charge in [-0.2, -0.15) is 0 Å². The van der Waals surface area contributed by atoms with E-state index >= 15 is 0 Å². The number of imidazole rings is 1. The third kappa shape index (κ3) is 6.64. The Labute approximate surface area is 259 Å². The molecule has 0 spiro atoms. The molecule has 2 aliphatic rings. The molecule has 3 heterocycles. The molecule has 2 aliphatic heterocycles. The summed E-state index contributed by atoms with van der Waals surface area (Å²) in [6.07, 6.45) is 0. The number of nitrogens with two attached hydrogens (primary N) is 2. The summed E-state index contributed by atoms with van der Waals surface area (Å²) < 4.78 is 10.1. The van der Waals surface area contributed by atoms with Crippen LogP contribution in [-0.2, 0) is 13.1 Å². The van der Waals surface area contributed by atoms with E-state index in [1.54, 1.807) is 44.6 Å². The van der Waals surface area contributed by atoms with Crippen LogP contribution in [0.4, 0.5) is 11.4 Å². The number of ether oxygens (including phenoxy) is 2. The second-order valence-corrected chi connectivity index (χ2v) is 9.81. The SMILES string of the molecule is C.COc1ccc(N)c(N)c1.COc1ccc2nc(-c3cccc4c3C(=O)NC4)[nH]c2c1.O=C(O)c1cccc2c1C(=O)NC2. The van der Waals surface area contributed by atoms with Crippen molar-refractivity contribution in [1.29, 1.82) is 0 Å². The minimum atomic E-state index is -1.06. The maximum Gasteiger partial charge on any atom is 0.336 e. The fourth-order valence-corrected chi connectivity index (χ4v) is 4.86. The largest absolute Gasteiger partial charge is 0.497 e. The number of fused-ring (bicyclic) bond motifs is 3. The molecular weight excluding hydrogens is 576 g/mol. The smallest absolute Gasteiger partial charge is 0.336 e. The number of hydrogen-bond acceptors (Lipinski definition) is 8. The fourth-order valence-electron chi connectivity index (χ4n) is 4.86. The minimum absolute atomic E-state index is 0. The number of rotatable bonds is 4. The Morgan fingerprint density at radius 1 is 0.800 bits per heavy atom. The van der Waals surface area contributed by atoms with Gasteiger partial charge in [-0.05, 0) is 41.5 Å². The van der Waals surface area contributed by atoms with Gasteiger partial charge in [0.25, 0.3) is 11.8 Å². The summed E-state index contributed by atoms with van der Waals surface area (Å²) in [7, 11) is 3.22. The van der Waals surface area contributed by atoms with Crippen LogP contribution >= 0.6 is 0 Å². The molecule has 0 saturated heterocycles. The van der Waals surface area contributed by atoms with Gasteiger partial charge in [-0.1, -0.05) is 37.8 Å². The van der Waals surface area contributed by atoms with Crippen LogP contribution in [-0.4, -0.2) is 47.1 Å². The molecule has 5 aromatic rings. The zero-order valence-electron chi connectivity index (χ0n) is 23.9. The highest BCUT2D eigenvalue weighted by atomic mass is 16.5. The third-order valence-corrected chi connectivity index (χ3v) is 7.10. The van der Waals surface area contributed by atoms with Gasteiger partial charge in [-0.15, -0.1) is 0 Å². The number of carboxylic acid groups (broad SMARTS) is 1. The van der Waals surface area contributed by atoms with Crippen molar-refractivity contribution in [2.75, 3.05) is 25.7 Å². The molecule has 0 fully saturated rings. The molecule has 0 aliphatic carbocycles. The number of nitrogen functional groups attached to an aromatic ring is 2. The summed E-state index contributed by atoms with van der Waals surface area (Å²) in [4.78, 5) is 41.8. The van der Waals surface area contributed by atoms with Crippen molar-refractivity contribution in [3.05, 3.63) is 101 Å². The molecule has 0 bridgehead atoms. The van der Waals surface area contributed by atoms with Gasteiger partial charge in [-0.25, -0.2) is 9.78 Å². The van der Waals surface area contributed by atoms with Crippen molar-refractivity contribution in [2.45, 2.75) is 20.5 Å². The normalized spacial score (nSPS) is 12.2. The van der Waals surface area contributed by atoms with Gasteiger partial charge in [0, 0.05) is 30.8 Å². The Morgan fingerprint density at radius 2 is 1.40 bits per heavy atom. The van der Waals surface area contributed by atoms with Crippen molar-refractivity contribution < 1.29 is 29.0 Å². The van der Waals surface area contributed by atoms with Crippen LogP contribution < -0.4 is 31.6 Å². The van der Waals surface area contributed by atoms with Crippen molar-refractivity contribution in [3.63, 3.8) is 0 Å². The molecule has 1 aromatic heterocycles. The summed E-state index contributed by atoms with van der Waals surface area (Å²) in [5, 5.41) is 14.2. The second kappa shape index (κ2) is 13.5. The Kier molecular flexibility index (Phi) is 9.57. The number of hydrogen-bond donors (Lipinski definition) is 6. The molecule has 0 atom stereocenters. The lowest BCUT2D eigenvalue weighted by Crippen LogP contribution is -2.15. The number of carbonyl (C=O) groups excluding carboxylic acids is 2. The maximum absolute atomic E-state index is 12.0. The molecule has 8 N–H and O–H groups in total. The van der Waals surface area contributed by atoms with Crippen LogP contribution in [0.3, 0.4) is 0 Å². The lowest BCUT2D eigenvalue weighted by molar-refractivity contribution is 0.0691. The first-order chi connectivity index (χ1) is 21.2. The third-order valence-electron chi connectivity index (χ3n) is 7.10. The standard InChI is InChI=1S/C16H13N3O2.C9H7NO3.C7H10N2O.CH4/c1-21-10-5-6-12-13(7-10)19-15(18-12)11-4-2-3-9-8-17-16(20)14(9)11;11-8-7-5(4-10-8)2-1-3-6(7)9(12)13;1-10-5-2-3-6(8)7(9)4-5;/h2-7H,8H2,1H3,(H,17,20)(H,18,19);1-3H,4H2,(H,10,11)(H,12,13);2-4H,8-9H2,1H3;1H4. The number of nitrogens with one attached hydrogen (secondary N) is 3. The number of nitrogens with zero attached hydrogens (tertiary/aromatic N) is 1. The van der Waals surface area contributed by atoms with E-state index in [9.17, 15) is 14.4 Å². The number of aromatic amines is 1. The lowest BCUT2D eigenvalue weighted by atomic mass is 10.0. The number of carbonyl (C=O) groups is 3. The fraction of sp³-hybridized carbons (Fsp3) is 0.152. The Hall–Kier alpha value is -6.04. The molecule has 232 valence electrons. The van der Waals surface area contributed by atoms with Crippen LogP contribution in [0.5, 0.6) is 11.5 Å². The van der Waals surface area contributed by atoms with Crippen LogP contribution in [0.25, 0.3) is 22.4 Å². The zero-order chi connectivity index (χ0) is 31.4. The van der Waals surface area contributed by atoms with Crippen molar-refractivity contribution in [1.82, 2.24) is 20.6 Å². The van der Waals surface area contributed by atoms with Gasteiger partial charge in [0.05, 0.1) is 53.3 Å². The van der Waals surface area contributed by atoms with E-state index in [0.717, 1.165) is 39.2 Å².